The Morgan fingerprint density at radius 1 is 1.26 bits per heavy atom. The summed E-state index contributed by atoms with van der Waals surface area (Å²) in [6, 6.07) is 7.77. The molecule has 8 rings (SSSR count). The first-order chi connectivity index (χ1) is 23.0. The molecule has 0 unspecified atom stereocenters. The van der Waals surface area contributed by atoms with Gasteiger partial charge in [-0.3, -0.25) is 4.90 Å². The number of nitriles is 2. The van der Waals surface area contributed by atoms with Gasteiger partial charge in [-0.2, -0.15) is 20.5 Å². The topological polar surface area (TPSA) is 124 Å². The lowest BCUT2D eigenvalue weighted by molar-refractivity contribution is 0.107. The molecule has 4 aliphatic rings. The lowest BCUT2D eigenvalue weighted by atomic mass is 9.90. The third-order valence-corrected chi connectivity index (χ3v) is 10.9. The first-order valence-electron chi connectivity index (χ1n) is 16.2. The normalized spacial score (nSPS) is 28.3. The molecule has 1 saturated carbocycles. The second kappa shape index (κ2) is 10.7. The molecular formula is C33H30F3N7O2S. The highest BCUT2D eigenvalue weighted by Crippen LogP contribution is 2.48. The first-order valence-corrected chi connectivity index (χ1v) is 16.0. The molecular weight excluding hydrogens is 615 g/mol. The van der Waals surface area contributed by atoms with Gasteiger partial charge in [-0.05, 0) is 49.6 Å². The van der Waals surface area contributed by atoms with Crippen LogP contribution in [0.15, 0.2) is 18.2 Å². The Balaban J connectivity index is 1.36. The number of anilines is 2. The fraction of sp³-hybridized carbons (Fsp3) is 0.455. The van der Waals surface area contributed by atoms with Crippen LogP contribution in [0.2, 0.25) is 0 Å². The van der Waals surface area contributed by atoms with Crippen LogP contribution in [-0.2, 0) is 4.74 Å². The van der Waals surface area contributed by atoms with Gasteiger partial charge in [0.1, 0.15) is 41.6 Å². The molecule has 0 spiro atoms. The molecule has 4 aromatic rings. The zero-order valence-electron chi connectivity index (χ0n) is 26.8. The summed E-state index contributed by atoms with van der Waals surface area (Å²) in [5.74, 6) is -0.678. The molecule has 9 nitrogen and oxygen atoms in total. The fourth-order valence-electron chi connectivity index (χ4n) is 7.69. The third-order valence-electron chi connectivity index (χ3n) is 9.90. The Kier molecular flexibility index (Phi) is 6.27. The van der Waals surface area contributed by atoms with E-state index in [0.29, 0.717) is 53.6 Å². The van der Waals surface area contributed by atoms with Crippen molar-refractivity contribution in [2.75, 3.05) is 50.0 Å². The number of hydrogen-bond donors (Lipinski definition) is 1. The van der Waals surface area contributed by atoms with Crippen LogP contribution >= 0.6 is 11.3 Å². The first kappa shape index (κ1) is 27.0. The van der Waals surface area contributed by atoms with Gasteiger partial charge < -0.3 is 20.1 Å². The predicted octanol–water partition coefficient (Wildman–Crippen LogP) is 5.41. The molecule has 13 heteroatoms. The van der Waals surface area contributed by atoms with Gasteiger partial charge in [0.15, 0.2) is 0 Å². The van der Waals surface area contributed by atoms with Crippen molar-refractivity contribution >= 4 is 43.1 Å². The van der Waals surface area contributed by atoms with Crippen molar-refractivity contribution in [2.24, 2.45) is 5.92 Å². The molecule has 0 amide bonds. The van der Waals surface area contributed by atoms with Gasteiger partial charge in [0.05, 0.1) is 54.9 Å². The number of benzene rings is 2. The molecule has 3 saturated heterocycles. The van der Waals surface area contributed by atoms with Crippen molar-refractivity contribution < 1.29 is 25.4 Å². The highest BCUT2D eigenvalue weighted by Gasteiger charge is 2.56. The van der Waals surface area contributed by atoms with Crippen LogP contribution in [0, 0.1) is 41.3 Å². The number of alkyl halides is 2. The Labute approximate surface area is 269 Å². The van der Waals surface area contributed by atoms with E-state index in [2.05, 4.69) is 17.1 Å². The Morgan fingerprint density at radius 2 is 2.11 bits per heavy atom. The van der Waals surface area contributed by atoms with Crippen molar-refractivity contribution in [3.8, 4) is 29.3 Å². The number of ether oxygens (including phenoxy) is 2. The zero-order valence-corrected chi connectivity index (χ0v) is 25.6. The van der Waals surface area contributed by atoms with Gasteiger partial charge in [-0.25, -0.2) is 13.2 Å². The molecule has 46 heavy (non-hydrogen) atoms. The molecule has 4 fully saturated rings. The average Bonchev–Trinajstić information content (AvgIpc) is 3.23. The van der Waals surface area contributed by atoms with E-state index in [0.717, 1.165) is 11.3 Å². The van der Waals surface area contributed by atoms with Gasteiger partial charge in [0.2, 0.25) is 0 Å². The molecule has 2 aromatic heterocycles. The summed E-state index contributed by atoms with van der Waals surface area (Å²) < 4.78 is 74.9. The summed E-state index contributed by atoms with van der Waals surface area (Å²) in [4.78, 5) is 12.9. The van der Waals surface area contributed by atoms with E-state index < -0.39 is 36.3 Å². The average molecular weight is 648 g/mol. The van der Waals surface area contributed by atoms with Crippen molar-refractivity contribution in [3.05, 3.63) is 40.7 Å². The van der Waals surface area contributed by atoms with Crippen molar-refractivity contribution in [3.63, 3.8) is 0 Å². The number of nitrogens with two attached hydrogens (primary N) is 1. The number of halogens is 3. The van der Waals surface area contributed by atoms with Crippen LogP contribution in [0.1, 0.15) is 38.7 Å². The van der Waals surface area contributed by atoms with Crippen LogP contribution in [0.25, 0.3) is 32.1 Å². The summed E-state index contributed by atoms with van der Waals surface area (Å²) in [6.45, 7) is 0.821. The summed E-state index contributed by atoms with van der Waals surface area (Å²) in [7, 11) is 0. The van der Waals surface area contributed by atoms with Gasteiger partial charge in [-0.15, -0.1) is 11.3 Å². The molecule has 5 heterocycles. The van der Waals surface area contributed by atoms with Crippen molar-refractivity contribution in [2.45, 2.75) is 50.1 Å². The number of nitrogen functional groups attached to an aromatic ring is 1. The Bertz CT molecular complexity index is 2100. The Hall–Kier alpha value is -4.17. The molecule has 0 bridgehead atoms. The van der Waals surface area contributed by atoms with Crippen LogP contribution in [0.3, 0.4) is 0 Å². The second-order valence-electron chi connectivity index (χ2n) is 12.5. The number of nitrogens with zero attached hydrogens (tertiary/aromatic N) is 6. The molecule has 3 aliphatic heterocycles. The minimum atomic E-state index is -2.38. The molecule has 2 N–H and O–H groups in total. The summed E-state index contributed by atoms with van der Waals surface area (Å²) in [5, 5.41) is 21.2. The standard InChI is InChI=1S/C33H30F3N7O2S/c1-16-24(19-3-4-23(35)29-25(19)21(12-38)30(39)46-29)17(11-37)9-20-27(16)40-32(45-15-33-5-2-6-42(33)13-18(34)10-33)41-31(20)43-7-8-44-14-22-26(36)28(22)43/h3-4,9,18,22,26,28H,2,5-8,10,13-15,39H2,1H3/t18-,22+,26+,28+,33+/m1/s1/i15D2. The van der Waals surface area contributed by atoms with Crippen LogP contribution in [-0.4, -0.2) is 78.2 Å². The smallest absolute Gasteiger partial charge is 0.319 e. The van der Waals surface area contributed by atoms with Crippen molar-refractivity contribution in [1.82, 2.24) is 14.9 Å². The van der Waals surface area contributed by atoms with Crippen LogP contribution in [0.5, 0.6) is 6.01 Å². The van der Waals surface area contributed by atoms with Crippen LogP contribution in [0.4, 0.5) is 24.0 Å². The summed E-state index contributed by atoms with van der Waals surface area (Å²) in [5.41, 5.74) is 6.73. The minimum Gasteiger partial charge on any atom is -0.461 e. The van der Waals surface area contributed by atoms with E-state index in [-0.39, 0.29) is 70.1 Å². The molecule has 2 aromatic carbocycles. The second-order valence-corrected chi connectivity index (χ2v) is 13.5. The highest BCUT2D eigenvalue weighted by molar-refractivity contribution is 7.23. The Morgan fingerprint density at radius 3 is 2.91 bits per heavy atom. The molecule has 0 radical (unpaired) electrons. The van der Waals surface area contributed by atoms with E-state index in [1.54, 1.807) is 22.8 Å². The van der Waals surface area contributed by atoms with Gasteiger partial charge in [0, 0.05) is 41.8 Å². The summed E-state index contributed by atoms with van der Waals surface area (Å²) in [6.07, 6.45) is -1.31. The van der Waals surface area contributed by atoms with Crippen molar-refractivity contribution in [1.29, 1.82) is 10.5 Å². The van der Waals surface area contributed by atoms with E-state index in [1.807, 2.05) is 0 Å². The monoisotopic (exact) mass is 647 g/mol. The largest absolute Gasteiger partial charge is 0.461 e. The van der Waals surface area contributed by atoms with Gasteiger partial charge in [0.25, 0.3) is 0 Å². The molecule has 236 valence electrons. The molecule has 1 aliphatic carbocycles. The number of hydrogen-bond acceptors (Lipinski definition) is 10. The predicted molar refractivity (Wildman–Crippen MR) is 168 cm³/mol. The van der Waals surface area contributed by atoms with E-state index in [9.17, 15) is 14.9 Å². The number of fused-ring (bicyclic) bond motifs is 4. The number of rotatable bonds is 5. The van der Waals surface area contributed by atoms with Crippen LogP contribution < -0.4 is 15.4 Å². The van der Waals surface area contributed by atoms with E-state index in [4.69, 9.17) is 22.9 Å². The lowest BCUT2D eigenvalue weighted by Crippen LogP contribution is -2.43. The number of aryl methyl sites for hydroxylation is 1. The maximum Gasteiger partial charge on any atom is 0.319 e. The lowest BCUT2D eigenvalue weighted by Gasteiger charge is -2.31. The maximum atomic E-state index is 15.1. The zero-order chi connectivity index (χ0) is 33.7. The third kappa shape index (κ3) is 4.33. The highest BCUT2D eigenvalue weighted by atomic mass is 32.1. The number of aromatic nitrogens is 2. The maximum absolute atomic E-state index is 15.1. The van der Waals surface area contributed by atoms with Gasteiger partial charge in [-0.1, -0.05) is 6.07 Å². The van der Waals surface area contributed by atoms with Gasteiger partial charge >= 0.3 is 6.01 Å². The fourth-order valence-corrected chi connectivity index (χ4v) is 8.64. The number of thiophene rings is 1. The minimum absolute atomic E-state index is 0.0303. The van der Waals surface area contributed by atoms with E-state index in [1.165, 1.54) is 12.1 Å². The quantitative estimate of drug-likeness (QED) is 0.303. The SMILES string of the molecule is [2H]C([2H])(Oc1nc(N2CCOC[C@H]3[C@H](F)[C@H]32)c2cc(C#N)c(-c3ccc(F)c4sc(N)c(C#N)c34)c(C)c2n1)[C@@]12CCCN1C[C@H](F)C2. The van der Waals surface area contributed by atoms with E-state index >= 15 is 8.78 Å². The molecule has 5 atom stereocenters. The summed E-state index contributed by atoms with van der Waals surface area (Å²) >= 11 is 0.943.